The van der Waals surface area contributed by atoms with Crippen LogP contribution < -0.4 is 5.32 Å². The van der Waals surface area contributed by atoms with Gasteiger partial charge in [-0.05, 0) is 19.9 Å². The predicted molar refractivity (Wildman–Crippen MR) is 66.3 cm³/mol. The van der Waals surface area contributed by atoms with Crippen LogP contribution in [0.5, 0.6) is 0 Å². The maximum atomic E-state index is 11.8. The topological polar surface area (TPSA) is 73.2 Å². The molecule has 1 amide bonds. The number of halogens is 3. The second-order valence-electron chi connectivity index (χ2n) is 4.45. The van der Waals surface area contributed by atoms with Gasteiger partial charge in [0.05, 0.1) is 18.7 Å². The van der Waals surface area contributed by atoms with Crippen molar-refractivity contribution >= 4 is 11.9 Å². The summed E-state index contributed by atoms with van der Waals surface area (Å²) < 4.78 is 41.7. The van der Waals surface area contributed by atoms with Crippen LogP contribution in [0.3, 0.4) is 0 Å². The van der Waals surface area contributed by atoms with E-state index in [9.17, 15) is 22.8 Å². The third kappa shape index (κ3) is 6.77. The molecule has 0 aliphatic carbocycles. The predicted octanol–water partition coefficient (Wildman–Crippen LogP) is 1.11. The fraction of sp³-hybridized carbons (Fsp3) is 0.583. The first-order valence-electron chi connectivity index (χ1n) is 6.17. The number of hydrogen-bond acceptors (Lipinski definition) is 4. The smallest absolute Gasteiger partial charge is 0.405 e. The number of aryl methyl sites for hydroxylation is 3. The highest BCUT2D eigenvalue weighted by Crippen LogP contribution is 2.11. The van der Waals surface area contributed by atoms with Gasteiger partial charge in [0.2, 0.25) is 0 Å². The molecular formula is C12H16F3N3O3. The summed E-state index contributed by atoms with van der Waals surface area (Å²) in [5, 5.41) is 5.74. The Morgan fingerprint density at radius 2 is 2.05 bits per heavy atom. The van der Waals surface area contributed by atoms with Gasteiger partial charge in [-0.15, -0.1) is 0 Å². The average molecular weight is 307 g/mol. The van der Waals surface area contributed by atoms with Crippen LogP contribution in [0.2, 0.25) is 0 Å². The number of esters is 1. The van der Waals surface area contributed by atoms with Crippen molar-refractivity contribution in [2.75, 3.05) is 13.2 Å². The Morgan fingerprint density at radius 1 is 1.38 bits per heavy atom. The first kappa shape index (κ1) is 17.0. The zero-order chi connectivity index (χ0) is 16.0. The van der Waals surface area contributed by atoms with Crippen molar-refractivity contribution in [3.8, 4) is 0 Å². The van der Waals surface area contributed by atoms with E-state index in [1.807, 2.05) is 19.9 Å². The number of nitrogens with zero attached hydrogens (tertiary/aromatic N) is 2. The molecular weight excluding hydrogens is 291 g/mol. The Balaban J connectivity index is 2.25. The van der Waals surface area contributed by atoms with E-state index in [2.05, 4.69) is 9.84 Å². The van der Waals surface area contributed by atoms with E-state index < -0.39 is 31.2 Å². The number of nitrogens with one attached hydrogen (secondary N) is 1. The average Bonchev–Trinajstić information content (AvgIpc) is 2.69. The normalized spacial score (nSPS) is 11.3. The lowest BCUT2D eigenvalue weighted by molar-refractivity contribution is -0.151. The van der Waals surface area contributed by atoms with Crippen LogP contribution in [-0.2, 0) is 20.9 Å². The molecule has 1 heterocycles. The van der Waals surface area contributed by atoms with Gasteiger partial charge in [0, 0.05) is 5.69 Å². The molecule has 0 aliphatic rings. The quantitative estimate of drug-likeness (QED) is 0.799. The summed E-state index contributed by atoms with van der Waals surface area (Å²) in [6.45, 7) is 1.74. The monoisotopic (exact) mass is 307 g/mol. The van der Waals surface area contributed by atoms with Gasteiger partial charge in [-0.3, -0.25) is 14.3 Å². The number of hydrogen-bond donors (Lipinski definition) is 1. The van der Waals surface area contributed by atoms with Crippen molar-refractivity contribution < 1.29 is 27.5 Å². The minimum atomic E-state index is -4.49. The zero-order valence-electron chi connectivity index (χ0n) is 11.7. The minimum absolute atomic E-state index is 0.0193. The molecule has 0 saturated carbocycles. The van der Waals surface area contributed by atoms with Gasteiger partial charge in [-0.1, -0.05) is 0 Å². The SMILES string of the molecule is Cc1cc(C)n(CCC(=O)OCC(=O)NCC(F)(F)F)n1. The van der Waals surface area contributed by atoms with E-state index in [0.717, 1.165) is 11.4 Å². The number of carbonyl (C=O) groups excluding carboxylic acids is 2. The van der Waals surface area contributed by atoms with E-state index in [0.29, 0.717) is 0 Å². The molecule has 1 N–H and O–H groups in total. The number of alkyl halides is 3. The Labute approximate surface area is 119 Å². The molecule has 0 radical (unpaired) electrons. The van der Waals surface area contributed by atoms with Crippen LogP contribution in [-0.4, -0.2) is 41.0 Å². The van der Waals surface area contributed by atoms with E-state index in [-0.39, 0.29) is 13.0 Å². The summed E-state index contributed by atoms with van der Waals surface area (Å²) in [5.74, 6) is -1.67. The van der Waals surface area contributed by atoms with E-state index >= 15 is 0 Å². The van der Waals surface area contributed by atoms with Gasteiger partial charge in [0.25, 0.3) is 5.91 Å². The Morgan fingerprint density at radius 3 is 2.57 bits per heavy atom. The standard InChI is InChI=1S/C12H16F3N3O3/c1-8-5-9(2)18(17-8)4-3-11(20)21-6-10(19)16-7-12(13,14)15/h5H,3-4,6-7H2,1-2H3,(H,16,19). The lowest BCUT2D eigenvalue weighted by Gasteiger charge is -2.09. The van der Waals surface area contributed by atoms with Crippen molar-refractivity contribution in [2.45, 2.75) is 33.0 Å². The Bertz CT molecular complexity index is 512. The molecule has 0 atom stereocenters. The van der Waals surface area contributed by atoms with Gasteiger partial charge in [0.15, 0.2) is 6.61 Å². The fourth-order valence-corrected chi connectivity index (χ4v) is 1.57. The van der Waals surface area contributed by atoms with Crippen LogP contribution >= 0.6 is 0 Å². The first-order chi connectivity index (χ1) is 9.67. The minimum Gasteiger partial charge on any atom is -0.456 e. The number of rotatable bonds is 6. The molecule has 0 bridgehead atoms. The lowest BCUT2D eigenvalue weighted by Crippen LogP contribution is -2.36. The van der Waals surface area contributed by atoms with Gasteiger partial charge in [0.1, 0.15) is 6.54 Å². The Kier molecular flexibility index (Phi) is 5.74. The molecule has 21 heavy (non-hydrogen) atoms. The number of aromatic nitrogens is 2. The summed E-state index contributed by atoms with van der Waals surface area (Å²) in [5.41, 5.74) is 1.69. The maximum Gasteiger partial charge on any atom is 0.405 e. The third-order valence-corrected chi connectivity index (χ3v) is 2.48. The molecule has 0 unspecified atom stereocenters. The van der Waals surface area contributed by atoms with E-state index in [1.165, 1.54) is 0 Å². The van der Waals surface area contributed by atoms with E-state index in [1.54, 1.807) is 10.00 Å². The highest BCUT2D eigenvalue weighted by molar-refractivity contribution is 5.80. The lowest BCUT2D eigenvalue weighted by atomic mass is 10.4. The second kappa shape index (κ2) is 7.09. The van der Waals surface area contributed by atoms with Crippen LogP contribution in [0.25, 0.3) is 0 Å². The van der Waals surface area contributed by atoms with Gasteiger partial charge >= 0.3 is 12.1 Å². The maximum absolute atomic E-state index is 11.8. The molecule has 1 aromatic rings. The highest BCUT2D eigenvalue weighted by atomic mass is 19.4. The second-order valence-corrected chi connectivity index (χ2v) is 4.45. The molecule has 0 spiro atoms. The highest BCUT2D eigenvalue weighted by Gasteiger charge is 2.27. The first-order valence-corrected chi connectivity index (χ1v) is 6.17. The number of carbonyl (C=O) groups is 2. The van der Waals surface area contributed by atoms with Crippen LogP contribution in [0.15, 0.2) is 6.07 Å². The summed E-state index contributed by atoms with van der Waals surface area (Å²) in [7, 11) is 0. The van der Waals surface area contributed by atoms with E-state index in [4.69, 9.17) is 0 Å². The third-order valence-electron chi connectivity index (χ3n) is 2.48. The number of ether oxygens (including phenoxy) is 1. The van der Waals surface area contributed by atoms with Gasteiger partial charge in [-0.25, -0.2) is 0 Å². The van der Waals surface area contributed by atoms with Gasteiger partial charge < -0.3 is 10.1 Å². The van der Waals surface area contributed by atoms with Crippen molar-refractivity contribution in [2.24, 2.45) is 0 Å². The van der Waals surface area contributed by atoms with Crippen molar-refractivity contribution in [1.82, 2.24) is 15.1 Å². The summed E-state index contributed by atoms with van der Waals surface area (Å²) in [6.07, 6.45) is -4.51. The van der Waals surface area contributed by atoms with Gasteiger partial charge in [-0.2, -0.15) is 18.3 Å². The molecule has 0 fully saturated rings. The van der Waals surface area contributed by atoms with Crippen LogP contribution in [0.1, 0.15) is 17.8 Å². The largest absolute Gasteiger partial charge is 0.456 e. The summed E-state index contributed by atoms with van der Waals surface area (Å²) >= 11 is 0. The van der Waals surface area contributed by atoms with Crippen molar-refractivity contribution in [1.29, 1.82) is 0 Å². The molecule has 9 heteroatoms. The molecule has 0 aromatic carbocycles. The summed E-state index contributed by atoms with van der Waals surface area (Å²) in [4.78, 5) is 22.4. The molecule has 0 aliphatic heterocycles. The molecule has 118 valence electrons. The molecule has 6 nitrogen and oxygen atoms in total. The zero-order valence-corrected chi connectivity index (χ0v) is 11.7. The van der Waals surface area contributed by atoms with Crippen molar-refractivity contribution in [3.05, 3.63) is 17.5 Å². The summed E-state index contributed by atoms with van der Waals surface area (Å²) in [6, 6.07) is 1.84. The molecule has 1 rings (SSSR count). The molecule has 1 aromatic heterocycles. The van der Waals surface area contributed by atoms with Crippen molar-refractivity contribution in [3.63, 3.8) is 0 Å². The fourth-order valence-electron chi connectivity index (χ4n) is 1.57. The van der Waals surface area contributed by atoms with Crippen LogP contribution in [0.4, 0.5) is 13.2 Å². The Hall–Kier alpha value is -2.06. The number of amides is 1. The molecule has 0 saturated heterocycles. The van der Waals surface area contributed by atoms with Crippen LogP contribution in [0, 0.1) is 13.8 Å².